The summed E-state index contributed by atoms with van der Waals surface area (Å²) in [6.07, 6.45) is 1.43. The van der Waals surface area contributed by atoms with Crippen LogP contribution in [-0.2, 0) is 4.74 Å². The second-order valence-electron chi connectivity index (χ2n) is 5.81. The number of anilines is 2. The number of nitrogens with one attached hydrogen (secondary N) is 1. The predicted molar refractivity (Wildman–Crippen MR) is 105 cm³/mol. The molecule has 1 N–H and O–H groups in total. The van der Waals surface area contributed by atoms with Crippen LogP contribution in [0.1, 0.15) is 24.2 Å². The number of carbonyl (C=O) groups is 1. The Hall–Kier alpha value is -3.68. The van der Waals surface area contributed by atoms with Crippen LogP contribution >= 0.6 is 0 Å². The molecule has 0 spiro atoms. The second-order valence-corrected chi connectivity index (χ2v) is 5.81. The Balaban J connectivity index is 2.16. The number of hydrogen-bond donors (Lipinski definition) is 1. The summed E-state index contributed by atoms with van der Waals surface area (Å²) in [7, 11) is 0. The molecule has 1 heterocycles. The highest BCUT2D eigenvalue weighted by Crippen LogP contribution is 2.33. The fraction of sp³-hybridized carbons (Fsp3) is 0.200. The summed E-state index contributed by atoms with van der Waals surface area (Å²) in [6, 6.07) is 11.4. The number of benzene rings is 2. The van der Waals surface area contributed by atoms with Crippen LogP contribution in [0.2, 0.25) is 0 Å². The van der Waals surface area contributed by atoms with Gasteiger partial charge in [0.1, 0.15) is 11.3 Å². The number of nitro groups is 1. The molecule has 28 heavy (non-hydrogen) atoms. The molecular weight excluding hydrogens is 362 g/mol. The third-order valence-corrected chi connectivity index (χ3v) is 3.97. The Morgan fingerprint density at radius 3 is 2.71 bits per heavy atom. The minimum absolute atomic E-state index is 0.0592. The van der Waals surface area contributed by atoms with E-state index in [2.05, 4.69) is 10.3 Å². The largest absolute Gasteiger partial charge is 0.494 e. The van der Waals surface area contributed by atoms with Gasteiger partial charge in [0.25, 0.3) is 5.69 Å². The average molecular weight is 381 g/mol. The van der Waals surface area contributed by atoms with Crippen LogP contribution in [0.15, 0.2) is 48.7 Å². The highest BCUT2D eigenvalue weighted by molar-refractivity contribution is 6.06. The number of aromatic nitrogens is 1. The zero-order valence-corrected chi connectivity index (χ0v) is 15.5. The number of esters is 1. The Morgan fingerprint density at radius 1 is 1.18 bits per heavy atom. The van der Waals surface area contributed by atoms with E-state index in [9.17, 15) is 14.9 Å². The third kappa shape index (κ3) is 4.01. The van der Waals surface area contributed by atoms with Crippen LogP contribution in [0.25, 0.3) is 10.9 Å². The topological polar surface area (TPSA) is 104 Å². The zero-order valence-electron chi connectivity index (χ0n) is 15.5. The van der Waals surface area contributed by atoms with Crippen molar-refractivity contribution in [3.8, 4) is 5.75 Å². The molecular formula is C20H19N3O5. The van der Waals surface area contributed by atoms with Crippen molar-refractivity contribution in [3.05, 3.63) is 64.3 Å². The quantitative estimate of drug-likeness (QED) is 0.366. The summed E-state index contributed by atoms with van der Waals surface area (Å²) in [5, 5.41) is 14.8. The number of non-ortho nitro benzene ring substituents is 1. The molecule has 144 valence electrons. The Morgan fingerprint density at radius 2 is 2.00 bits per heavy atom. The van der Waals surface area contributed by atoms with Crippen molar-refractivity contribution in [3.63, 3.8) is 0 Å². The molecule has 1 aromatic heterocycles. The number of carbonyl (C=O) groups excluding carboxylic acids is 1. The van der Waals surface area contributed by atoms with Crippen molar-refractivity contribution in [1.82, 2.24) is 4.98 Å². The number of nitro benzene ring substituents is 1. The van der Waals surface area contributed by atoms with Crippen LogP contribution in [0.5, 0.6) is 5.75 Å². The van der Waals surface area contributed by atoms with E-state index in [0.717, 1.165) is 0 Å². The van der Waals surface area contributed by atoms with E-state index in [1.165, 1.54) is 18.3 Å². The summed E-state index contributed by atoms with van der Waals surface area (Å²) >= 11 is 0. The number of pyridine rings is 1. The van der Waals surface area contributed by atoms with E-state index in [-0.39, 0.29) is 17.9 Å². The van der Waals surface area contributed by atoms with Gasteiger partial charge in [0.15, 0.2) is 0 Å². The summed E-state index contributed by atoms with van der Waals surface area (Å²) in [4.78, 5) is 27.4. The van der Waals surface area contributed by atoms with Crippen molar-refractivity contribution < 1.29 is 19.2 Å². The van der Waals surface area contributed by atoms with Crippen LogP contribution in [0.4, 0.5) is 17.1 Å². The molecule has 0 radical (unpaired) electrons. The van der Waals surface area contributed by atoms with Crippen molar-refractivity contribution in [2.24, 2.45) is 0 Å². The maximum Gasteiger partial charge on any atom is 0.341 e. The highest BCUT2D eigenvalue weighted by Gasteiger charge is 2.18. The van der Waals surface area contributed by atoms with Crippen molar-refractivity contribution >= 4 is 33.9 Å². The molecule has 0 unspecified atom stereocenters. The van der Waals surface area contributed by atoms with Crippen molar-refractivity contribution in [2.75, 3.05) is 18.5 Å². The van der Waals surface area contributed by atoms with Gasteiger partial charge in [-0.2, -0.15) is 0 Å². The lowest BCUT2D eigenvalue weighted by Crippen LogP contribution is -2.09. The summed E-state index contributed by atoms with van der Waals surface area (Å²) < 4.78 is 10.7. The third-order valence-electron chi connectivity index (χ3n) is 3.97. The molecule has 0 aliphatic rings. The van der Waals surface area contributed by atoms with Crippen LogP contribution in [0, 0.1) is 10.1 Å². The van der Waals surface area contributed by atoms with Gasteiger partial charge in [-0.15, -0.1) is 0 Å². The predicted octanol–water partition coefficient (Wildman–Crippen LogP) is 4.46. The maximum atomic E-state index is 12.4. The van der Waals surface area contributed by atoms with Gasteiger partial charge in [0.2, 0.25) is 0 Å². The minimum Gasteiger partial charge on any atom is -0.494 e. The molecule has 0 bridgehead atoms. The van der Waals surface area contributed by atoms with E-state index in [4.69, 9.17) is 9.47 Å². The standard InChI is InChI=1S/C20H19N3O5/c1-3-27-15-8-9-18-16(11-15)19(17(12-21-18)20(24)28-4-2)22-13-6-5-7-14(10-13)23(25)26/h5-12H,3-4H2,1-2H3,(H,21,22). The SMILES string of the molecule is CCOC(=O)c1cnc2ccc(OCC)cc2c1Nc1cccc([N+](=O)[O-])c1. The monoisotopic (exact) mass is 381 g/mol. The molecule has 8 heteroatoms. The van der Waals surface area contributed by atoms with Gasteiger partial charge in [-0.05, 0) is 38.1 Å². The van der Waals surface area contributed by atoms with Gasteiger partial charge < -0.3 is 14.8 Å². The number of hydrogen-bond acceptors (Lipinski definition) is 7. The number of rotatable bonds is 7. The fourth-order valence-electron chi connectivity index (χ4n) is 2.77. The van der Waals surface area contributed by atoms with Gasteiger partial charge in [0.05, 0.1) is 29.3 Å². The molecule has 0 saturated heterocycles. The molecule has 8 nitrogen and oxygen atoms in total. The fourth-order valence-corrected chi connectivity index (χ4v) is 2.77. The second kappa shape index (κ2) is 8.34. The van der Waals surface area contributed by atoms with E-state index in [0.29, 0.717) is 34.6 Å². The molecule has 3 aromatic rings. The lowest BCUT2D eigenvalue weighted by molar-refractivity contribution is -0.384. The Bertz CT molecular complexity index is 1040. The van der Waals surface area contributed by atoms with E-state index >= 15 is 0 Å². The molecule has 3 rings (SSSR count). The van der Waals surface area contributed by atoms with Crippen molar-refractivity contribution in [1.29, 1.82) is 0 Å². The molecule has 0 saturated carbocycles. The number of fused-ring (bicyclic) bond motifs is 1. The lowest BCUT2D eigenvalue weighted by atomic mass is 10.1. The molecule has 0 atom stereocenters. The first-order chi connectivity index (χ1) is 13.5. The summed E-state index contributed by atoms with van der Waals surface area (Å²) in [5.41, 5.74) is 1.73. The first-order valence-corrected chi connectivity index (χ1v) is 8.77. The van der Waals surface area contributed by atoms with Crippen LogP contribution in [0.3, 0.4) is 0 Å². The number of nitrogens with zero attached hydrogens (tertiary/aromatic N) is 2. The van der Waals surface area contributed by atoms with Gasteiger partial charge in [-0.25, -0.2) is 4.79 Å². The van der Waals surface area contributed by atoms with Crippen molar-refractivity contribution in [2.45, 2.75) is 13.8 Å². The lowest BCUT2D eigenvalue weighted by Gasteiger charge is -2.15. The van der Waals surface area contributed by atoms with E-state index < -0.39 is 10.9 Å². The minimum atomic E-state index is -0.536. The van der Waals surface area contributed by atoms with E-state index in [1.54, 1.807) is 37.3 Å². The van der Waals surface area contributed by atoms with E-state index in [1.807, 2.05) is 6.92 Å². The van der Waals surface area contributed by atoms with Gasteiger partial charge in [0, 0.05) is 29.4 Å². The normalized spacial score (nSPS) is 10.5. The first-order valence-electron chi connectivity index (χ1n) is 8.77. The van der Waals surface area contributed by atoms with Gasteiger partial charge in [-0.3, -0.25) is 15.1 Å². The first kappa shape index (κ1) is 19.1. The Labute approximate surface area is 161 Å². The van der Waals surface area contributed by atoms with Crippen LogP contribution < -0.4 is 10.1 Å². The Kier molecular flexibility index (Phi) is 5.69. The molecule has 0 fully saturated rings. The molecule has 0 aliphatic heterocycles. The molecule has 2 aromatic carbocycles. The molecule has 0 amide bonds. The zero-order chi connectivity index (χ0) is 20.1. The maximum absolute atomic E-state index is 12.4. The smallest absolute Gasteiger partial charge is 0.341 e. The van der Waals surface area contributed by atoms with Crippen LogP contribution in [-0.4, -0.2) is 29.1 Å². The average Bonchev–Trinajstić information content (AvgIpc) is 2.69. The van der Waals surface area contributed by atoms with Gasteiger partial charge >= 0.3 is 5.97 Å². The highest BCUT2D eigenvalue weighted by atomic mass is 16.6. The summed E-state index contributed by atoms with van der Waals surface area (Å²) in [5.74, 6) is 0.0894. The number of ether oxygens (including phenoxy) is 2. The van der Waals surface area contributed by atoms with Gasteiger partial charge in [-0.1, -0.05) is 6.07 Å². The summed E-state index contributed by atoms with van der Waals surface area (Å²) in [6.45, 7) is 4.29. The molecule has 0 aliphatic carbocycles.